The van der Waals surface area contributed by atoms with Gasteiger partial charge in [0.25, 0.3) is 0 Å². The monoisotopic (exact) mass is 320 g/mol. The Morgan fingerprint density at radius 1 is 1.35 bits per heavy atom. The van der Waals surface area contributed by atoms with Crippen molar-refractivity contribution in [3.63, 3.8) is 0 Å². The number of rotatable bonds is 6. The van der Waals surface area contributed by atoms with Gasteiger partial charge < -0.3 is 10.4 Å². The first-order valence-electron chi connectivity index (χ1n) is 5.84. The molecule has 20 heavy (non-hydrogen) atoms. The number of aliphatic carboxylic acids is 1. The van der Waals surface area contributed by atoms with Crippen LogP contribution in [0.4, 0.5) is 0 Å². The van der Waals surface area contributed by atoms with Crippen LogP contribution in [0.2, 0.25) is 5.02 Å². The molecule has 0 heterocycles. The van der Waals surface area contributed by atoms with Crippen LogP contribution in [0.5, 0.6) is 0 Å². The van der Waals surface area contributed by atoms with Gasteiger partial charge in [-0.05, 0) is 31.7 Å². The fourth-order valence-electron chi connectivity index (χ4n) is 1.41. The van der Waals surface area contributed by atoms with Crippen molar-refractivity contribution in [3.05, 3.63) is 34.9 Å². The first kappa shape index (κ1) is 18.7. The van der Waals surface area contributed by atoms with E-state index in [0.29, 0.717) is 11.6 Å². The van der Waals surface area contributed by atoms with Crippen LogP contribution in [0.3, 0.4) is 0 Å². The van der Waals surface area contributed by atoms with Crippen molar-refractivity contribution in [1.82, 2.24) is 10.2 Å². The Balaban J connectivity index is 0.00000361. The highest BCUT2D eigenvalue weighted by molar-refractivity contribution is 6.30. The molecule has 0 saturated heterocycles. The summed E-state index contributed by atoms with van der Waals surface area (Å²) in [4.78, 5) is 23.9. The summed E-state index contributed by atoms with van der Waals surface area (Å²) in [5.41, 5.74) is 0.937. The number of nitrogens with one attached hydrogen (secondary N) is 1. The van der Waals surface area contributed by atoms with Gasteiger partial charge in [-0.15, -0.1) is 12.4 Å². The summed E-state index contributed by atoms with van der Waals surface area (Å²) in [6.07, 6.45) is 0. The molecule has 1 aromatic rings. The van der Waals surface area contributed by atoms with Gasteiger partial charge in [0.05, 0.1) is 6.54 Å². The van der Waals surface area contributed by atoms with E-state index in [4.69, 9.17) is 16.7 Å². The van der Waals surface area contributed by atoms with Gasteiger partial charge in [-0.25, -0.2) is 0 Å². The van der Waals surface area contributed by atoms with E-state index in [1.165, 1.54) is 11.8 Å². The molecule has 0 aliphatic rings. The number of amides is 1. The van der Waals surface area contributed by atoms with E-state index in [1.54, 1.807) is 19.2 Å². The van der Waals surface area contributed by atoms with E-state index in [2.05, 4.69) is 5.32 Å². The highest BCUT2D eigenvalue weighted by Gasteiger charge is 2.18. The maximum Gasteiger partial charge on any atom is 0.320 e. The molecule has 0 bridgehead atoms. The summed E-state index contributed by atoms with van der Waals surface area (Å²) in [5, 5.41) is 12.2. The van der Waals surface area contributed by atoms with Crippen LogP contribution in [0, 0.1) is 0 Å². The standard InChI is InChI=1S/C13H17ClN2O3.ClH/c1-9(13(18)19)16(2)8-12(17)15-7-10-3-5-11(14)6-4-10;/h3-6,9H,7-8H2,1-2H3,(H,15,17)(H,18,19);1H. The summed E-state index contributed by atoms with van der Waals surface area (Å²) in [7, 11) is 1.60. The molecule has 0 saturated carbocycles. The van der Waals surface area contributed by atoms with Gasteiger partial charge in [0.2, 0.25) is 5.91 Å². The van der Waals surface area contributed by atoms with Crippen LogP contribution in [0.15, 0.2) is 24.3 Å². The molecule has 1 unspecified atom stereocenters. The van der Waals surface area contributed by atoms with Crippen molar-refractivity contribution < 1.29 is 14.7 Å². The van der Waals surface area contributed by atoms with E-state index < -0.39 is 12.0 Å². The first-order chi connectivity index (χ1) is 8.90. The molecule has 2 N–H and O–H groups in total. The number of nitrogens with zero attached hydrogens (tertiary/aromatic N) is 1. The van der Waals surface area contributed by atoms with E-state index in [9.17, 15) is 9.59 Å². The first-order valence-corrected chi connectivity index (χ1v) is 6.22. The van der Waals surface area contributed by atoms with Crippen molar-refractivity contribution in [3.8, 4) is 0 Å². The number of carbonyl (C=O) groups excluding carboxylic acids is 1. The molecule has 7 heteroatoms. The van der Waals surface area contributed by atoms with Gasteiger partial charge in [0.1, 0.15) is 6.04 Å². The lowest BCUT2D eigenvalue weighted by Crippen LogP contribution is -2.42. The van der Waals surface area contributed by atoms with E-state index >= 15 is 0 Å². The molecule has 0 aliphatic heterocycles. The number of likely N-dealkylation sites (N-methyl/N-ethyl adjacent to an activating group) is 1. The topological polar surface area (TPSA) is 69.6 Å². The van der Waals surface area contributed by atoms with Crippen LogP contribution in [-0.4, -0.2) is 41.5 Å². The summed E-state index contributed by atoms with van der Waals surface area (Å²) >= 11 is 5.76. The van der Waals surface area contributed by atoms with E-state index in [-0.39, 0.29) is 24.9 Å². The summed E-state index contributed by atoms with van der Waals surface area (Å²) in [5.74, 6) is -1.17. The number of carbonyl (C=O) groups is 2. The lowest BCUT2D eigenvalue weighted by Gasteiger charge is -2.20. The number of hydrogen-bond donors (Lipinski definition) is 2. The van der Waals surface area contributed by atoms with Gasteiger partial charge in [-0.1, -0.05) is 23.7 Å². The average molecular weight is 321 g/mol. The Labute approximate surface area is 129 Å². The van der Waals surface area contributed by atoms with Gasteiger partial charge in [0.15, 0.2) is 0 Å². The number of carboxylic acid groups (broad SMARTS) is 1. The normalized spacial score (nSPS) is 11.6. The molecule has 1 atom stereocenters. The predicted octanol–water partition coefficient (Wildman–Crippen LogP) is 1.78. The molecular formula is C13H18Cl2N2O3. The quantitative estimate of drug-likeness (QED) is 0.838. The van der Waals surface area contributed by atoms with Crippen molar-refractivity contribution in [1.29, 1.82) is 0 Å². The van der Waals surface area contributed by atoms with Crippen LogP contribution < -0.4 is 5.32 Å². The third-order valence-electron chi connectivity index (χ3n) is 2.81. The fraction of sp³-hybridized carbons (Fsp3) is 0.385. The smallest absolute Gasteiger partial charge is 0.320 e. The van der Waals surface area contributed by atoms with Crippen molar-refractivity contribution in [2.75, 3.05) is 13.6 Å². The largest absolute Gasteiger partial charge is 0.480 e. The minimum atomic E-state index is -0.951. The Morgan fingerprint density at radius 2 is 1.90 bits per heavy atom. The van der Waals surface area contributed by atoms with Gasteiger partial charge in [-0.2, -0.15) is 0 Å². The average Bonchev–Trinajstić information content (AvgIpc) is 2.37. The number of benzene rings is 1. The lowest BCUT2D eigenvalue weighted by molar-refractivity contribution is -0.142. The van der Waals surface area contributed by atoms with Crippen molar-refractivity contribution in [2.24, 2.45) is 0 Å². The zero-order valence-electron chi connectivity index (χ0n) is 11.3. The highest BCUT2D eigenvalue weighted by atomic mass is 35.5. The summed E-state index contributed by atoms with van der Waals surface area (Å²) in [6, 6.07) is 6.46. The Hall–Kier alpha value is -1.30. The van der Waals surface area contributed by atoms with Crippen LogP contribution >= 0.6 is 24.0 Å². The highest BCUT2D eigenvalue weighted by Crippen LogP contribution is 2.09. The van der Waals surface area contributed by atoms with E-state index in [0.717, 1.165) is 5.56 Å². The Morgan fingerprint density at radius 3 is 2.40 bits per heavy atom. The molecule has 0 radical (unpaired) electrons. The zero-order chi connectivity index (χ0) is 14.4. The molecule has 1 amide bonds. The minimum Gasteiger partial charge on any atom is -0.480 e. The minimum absolute atomic E-state index is 0. The predicted molar refractivity (Wildman–Crippen MR) is 80.3 cm³/mol. The third kappa shape index (κ3) is 6.23. The summed E-state index contributed by atoms with van der Waals surface area (Å²) in [6.45, 7) is 1.97. The molecular weight excluding hydrogens is 303 g/mol. The molecule has 0 aromatic heterocycles. The summed E-state index contributed by atoms with van der Waals surface area (Å²) < 4.78 is 0. The molecule has 1 aromatic carbocycles. The molecule has 1 rings (SSSR count). The molecule has 0 spiro atoms. The van der Waals surface area contributed by atoms with Crippen LogP contribution in [0.1, 0.15) is 12.5 Å². The lowest BCUT2D eigenvalue weighted by atomic mass is 10.2. The molecule has 112 valence electrons. The maximum absolute atomic E-state index is 11.6. The molecule has 5 nitrogen and oxygen atoms in total. The number of hydrogen-bond acceptors (Lipinski definition) is 3. The van der Waals surface area contributed by atoms with Gasteiger partial charge >= 0.3 is 5.97 Å². The van der Waals surface area contributed by atoms with Gasteiger partial charge in [0, 0.05) is 11.6 Å². The van der Waals surface area contributed by atoms with Crippen LogP contribution in [0.25, 0.3) is 0 Å². The van der Waals surface area contributed by atoms with Crippen molar-refractivity contribution >= 4 is 35.9 Å². The SMILES string of the molecule is CC(C(=O)O)N(C)CC(=O)NCc1ccc(Cl)cc1.Cl. The zero-order valence-corrected chi connectivity index (χ0v) is 12.9. The Kier molecular flexibility index (Phi) is 8.22. The van der Waals surface area contributed by atoms with E-state index in [1.807, 2.05) is 12.1 Å². The molecule has 0 aliphatic carbocycles. The molecule has 0 fully saturated rings. The second-order valence-electron chi connectivity index (χ2n) is 4.33. The second-order valence-corrected chi connectivity index (χ2v) is 4.77. The third-order valence-corrected chi connectivity index (χ3v) is 3.07. The second kappa shape index (κ2) is 8.79. The number of carboxylic acids is 1. The fourth-order valence-corrected chi connectivity index (χ4v) is 1.54. The van der Waals surface area contributed by atoms with Crippen LogP contribution in [-0.2, 0) is 16.1 Å². The van der Waals surface area contributed by atoms with Crippen molar-refractivity contribution in [2.45, 2.75) is 19.5 Å². The number of halogens is 2. The maximum atomic E-state index is 11.6. The Bertz CT molecular complexity index is 451. The van der Waals surface area contributed by atoms with Gasteiger partial charge in [-0.3, -0.25) is 14.5 Å².